The number of rotatable bonds is 4. The molecule has 0 spiro atoms. The predicted molar refractivity (Wildman–Crippen MR) is 221 cm³/mol. The zero-order chi connectivity index (χ0) is 35.3. The predicted octanol–water partition coefficient (Wildman–Crippen LogP) is 11.7. The van der Waals surface area contributed by atoms with Crippen LogP contribution in [-0.2, 0) is 0 Å². The molecule has 0 saturated carbocycles. The second-order valence-electron chi connectivity index (χ2n) is 13.9. The highest BCUT2D eigenvalue weighted by molar-refractivity contribution is 6.12. The summed E-state index contributed by atoms with van der Waals surface area (Å²) in [5.74, 6) is 0.872. The molecular formula is C48H30N6. The Balaban J connectivity index is 1.11. The standard InChI is InChI=1S/C48H30N6/c1-6-19-38-32(14-1)33-15-2-7-20-39(33)51(38)31-27-28-42-36(30-31)34-16-3-8-21-40(34)52(42)46-26-13-29-49-47(46)35-17-4-9-22-41(35)53-44-24-11-12-25-45(44)54-43-23-10-5-18-37(43)50-48(53)54/h1-30H. The molecule has 0 saturated heterocycles. The van der Waals surface area contributed by atoms with Crippen LogP contribution in [0.5, 0.6) is 0 Å². The van der Waals surface area contributed by atoms with Crippen molar-refractivity contribution in [3.8, 4) is 28.3 Å². The molecular weight excluding hydrogens is 661 g/mol. The largest absolute Gasteiger partial charge is 0.309 e. The van der Waals surface area contributed by atoms with Gasteiger partial charge in [0.1, 0.15) is 0 Å². The molecule has 0 unspecified atom stereocenters. The Morgan fingerprint density at radius 2 is 0.926 bits per heavy atom. The van der Waals surface area contributed by atoms with E-state index in [4.69, 9.17) is 9.97 Å². The summed E-state index contributed by atoms with van der Waals surface area (Å²) in [6, 6.07) is 62.7. The first kappa shape index (κ1) is 29.2. The Hall–Kier alpha value is -7.44. The number of aromatic nitrogens is 6. The molecule has 6 nitrogen and oxygen atoms in total. The maximum absolute atomic E-state index is 5.18. The molecule has 0 aliphatic heterocycles. The van der Waals surface area contributed by atoms with Gasteiger partial charge >= 0.3 is 0 Å². The van der Waals surface area contributed by atoms with Crippen molar-refractivity contribution in [3.05, 3.63) is 182 Å². The third-order valence-corrected chi connectivity index (χ3v) is 11.0. The van der Waals surface area contributed by atoms with Gasteiger partial charge in [-0.2, -0.15) is 0 Å². The number of benzene rings is 7. The van der Waals surface area contributed by atoms with Crippen LogP contribution in [0, 0.1) is 0 Å². The van der Waals surface area contributed by atoms with Crippen LogP contribution in [0.1, 0.15) is 0 Å². The van der Waals surface area contributed by atoms with Crippen molar-refractivity contribution >= 4 is 71.5 Å². The van der Waals surface area contributed by atoms with E-state index in [-0.39, 0.29) is 0 Å². The third-order valence-electron chi connectivity index (χ3n) is 11.0. The van der Waals surface area contributed by atoms with Crippen LogP contribution in [-0.4, -0.2) is 28.1 Å². The third kappa shape index (κ3) is 3.94. The van der Waals surface area contributed by atoms with E-state index in [2.05, 4.69) is 182 Å². The Bertz CT molecular complexity index is 3410. The van der Waals surface area contributed by atoms with Gasteiger partial charge in [-0.15, -0.1) is 0 Å². The minimum absolute atomic E-state index is 0.872. The van der Waals surface area contributed by atoms with E-state index in [0.29, 0.717) is 0 Å². The summed E-state index contributed by atoms with van der Waals surface area (Å²) in [5.41, 5.74) is 14.0. The maximum atomic E-state index is 5.18. The van der Waals surface area contributed by atoms with E-state index < -0.39 is 0 Å². The topological polar surface area (TPSA) is 45.0 Å². The lowest BCUT2D eigenvalue weighted by Gasteiger charge is -2.17. The number of nitrogens with zero attached hydrogens (tertiary/aromatic N) is 6. The maximum Gasteiger partial charge on any atom is 0.220 e. The van der Waals surface area contributed by atoms with Gasteiger partial charge in [-0.05, 0) is 78.9 Å². The van der Waals surface area contributed by atoms with Crippen molar-refractivity contribution in [3.63, 3.8) is 0 Å². The molecule has 7 aromatic carbocycles. The molecule has 12 aromatic rings. The molecule has 5 aromatic heterocycles. The molecule has 0 amide bonds. The van der Waals surface area contributed by atoms with Gasteiger partial charge in [0.15, 0.2) is 0 Å². The molecule has 0 atom stereocenters. The van der Waals surface area contributed by atoms with Crippen LogP contribution in [0.15, 0.2) is 182 Å². The van der Waals surface area contributed by atoms with Crippen molar-refractivity contribution in [1.29, 1.82) is 0 Å². The van der Waals surface area contributed by atoms with Crippen molar-refractivity contribution in [1.82, 2.24) is 28.1 Å². The quantitative estimate of drug-likeness (QED) is 0.184. The minimum Gasteiger partial charge on any atom is -0.309 e. The van der Waals surface area contributed by atoms with E-state index in [0.717, 1.165) is 67.2 Å². The van der Waals surface area contributed by atoms with Gasteiger partial charge < -0.3 is 9.13 Å². The van der Waals surface area contributed by atoms with E-state index in [1.165, 1.54) is 32.6 Å². The lowest BCUT2D eigenvalue weighted by molar-refractivity contribution is 1.10. The zero-order valence-corrected chi connectivity index (χ0v) is 29.0. The molecule has 0 N–H and O–H groups in total. The summed E-state index contributed by atoms with van der Waals surface area (Å²) in [7, 11) is 0. The molecule has 54 heavy (non-hydrogen) atoms. The Labute approximate surface area is 309 Å². The fraction of sp³-hybridized carbons (Fsp3) is 0. The summed E-state index contributed by atoms with van der Waals surface area (Å²) in [6.45, 7) is 0. The SMILES string of the molecule is c1ccc(-n2c3ccccc3n3c4ccccc4nc23)c(-c2ncccc2-n2c3ccccc3c3cc(-n4c5ccccc5c5ccccc54)ccc32)c1. The van der Waals surface area contributed by atoms with Gasteiger partial charge in [0, 0.05) is 39.0 Å². The molecule has 0 aliphatic rings. The second kappa shape index (κ2) is 11.0. The summed E-state index contributed by atoms with van der Waals surface area (Å²) in [5, 5.41) is 4.90. The zero-order valence-electron chi connectivity index (χ0n) is 29.0. The van der Waals surface area contributed by atoms with Gasteiger partial charge in [-0.3, -0.25) is 14.0 Å². The van der Waals surface area contributed by atoms with Crippen LogP contribution >= 0.6 is 0 Å². The monoisotopic (exact) mass is 690 g/mol. The van der Waals surface area contributed by atoms with Crippen molar-refractivity contribution in [2.75, 3.05) is 0 Å². The van der Waals surface area contributed by atoms with Gasteiger partial charge in [0.05, 0.1) is 61.2 Å². The second-order valence-corrected chi connectivity index (χ2v) is 13.9. The number of imidazole rings is 2. The molecule has 0 fully saturated rings. The highest BCUT2D eigenvalue weighted by Crippen LogP contribution is 2.40. The molecule has 252 valence electrons. The highest BCUT2D eigenvalue weighted by Gasteiger charge is 2.23. The van der Waals surface area contributed by atoms with Crippen molar-refractivity contribution < 1.29 is 0 Å². The molecule has 0 bridgehead atoms. The fourth-order valence-corrected chi connectivity index (χ4v) is 8.80. The molecule has 5 heterocycles. The number of fused-ring (bicyclic) bond motifs is 11. The lowest BCUT2D eigenvalue weighted by Crippen LogP contribution is -2.03. The number of para-hydroxylation sites is 8. The van der Waals surface area contributed by atoms with Gasteiger partial charge in [0.25, 0.3) is 0 Å². The normalized spacial score (nSPS) is 12.1. The molecule has 0 aliphatic carbocycles. The lowest BCUT2D eigenvalue weighted by atomic mass is 10.1. The summed E-state index contributed by atoms with van der Waals surface area (Å²) >= 11 is 0. The first-order chi connectivity index (χ1) is 26.8. The number of hydrogen-bond acceptors (Lipinski definition) is 2. The average molecular weight is 691 g/mol. The van der Waals surface area contributed by atoms with E-state index in [1.807, 2.05) is 18.3 Å². The van der Waals surface area contributed by atoms with Gasteiger partial charge in [-0.1, -0.05) is 97.1 Å². The van der Waals surface area contributed by atoms with Crippen molar-refractivity contribution in [2.45, 2.75) is 0 Å². The number of hydrogen-bond donors (Lipinski definition) is 0. The van der Waals surface area contributed by atoms with Crippen LogP contribution in [0.3, 0.4) is 0 Å². The fourth-order valence-electron chi connectivity index (χ4n) is 8.80. The molecule has 12 rings (SSSR count). The first-order valence-electron chi connectivity index (χ1n) is 18.3. The van der Waals surface area contributed by atoms with Crippen LogP contribution < -0.4 is 0 Å². The highest BCUT2D eigenvalue weighted by atomic mass is 15.2. The van der Waals surface area contributed by atoms with Gasteiger partial charge in [-0.25, -0.2) is 4.98 Å². The van der Waals surface area contributed by atoms with Crippen LogP contribution in [0.25, 0.3) is 99.8 Å². The van der Waals surface area contributed by atoms with Gasteiger partial charge in [0.2, 0.25) is 5.78 Å². The Kier molecular flexibility index (Phi) is 5.96. The van der Waals surface area contributed by atoms with Crippen LogP contribution in [0.2, 0.25) is 0 Å². The van der Waals surface area contributed by atoms with E-state index in [1.54, 1.807) is 0 Å². The smallest absolute Gasteiger partial charge is 0.220 e. The minimum atomic E-state index is 0.872. The van der Waals surface area contributed by atoms with Crippen molar-refractivity contribution in [2.24, 2.45) is 0 Å². The van der Waals surface area contributed by atoms with E-state index >= 15 is 0 Å². The Morgan fingerprint density at radius 1 is 0.370 bits per heavy atom. The first-order valence-corrected chi connectivity index (χ1v) is 18.3. The Morgan fingerprint density at radius 3 is 1.69 bits per heavy atom. The summed E-state index contributed by atoms with van der Waals surface area (Å²) in [4.78, 5) is 10.3. The number of pyridine rings is 1. The molecule has 0 radical (unpaired) electrons. The summed E-state index contributed by atoms with van der Waals surface area (Å²) < 4.78 is 9.32. The van der Waals surface area contributed by atoms with Crippen LogP contribution in [0.4, 0.5) is 0 Å². The summed E-state index contributed by atoms with van der Waals surface area (Å²) in [6.07, 6.45) is 1.90. The van der Waals surface area contributed by atoms with E-state index in [9.17, 15) is 0 Å². The molecule has 6 heteroatoms. The average Bonchev–Trinajstić information content (AvgIpc) is 3.96.